The number of fused-ring (bicyclic) bond motifs is 1. The predicted molar refractivity (Wildman–Crippen MR) is 129 cm³/mol. The van der Waals surface area contributed by atoms with Crippen LogP contribution in [0.2, 0.25) is 5.02 Å². The van der Waals surface area contributed by atoms with Crippen LogP contribution in [0, 0.1) is 13.8 Å². The Morgan fingerprint density at radius 1 is 1.16 bits per heavy atom. The predicted octanol–water partition coefficient (Wildman–Crippen LogP) is 5.13. The normalized spacial score (nSPS) is 11.1. The summed E-state index contributed by atoms with van der Waals surface area (Å²) in [6, 6.07) is 15.1. The fourth-order valence-electron chi connectivity index (χ4n) is 3.10. The molecule has 0 spiro atoms. The summed E-state index contributed by atoms with van der Waals surface area (Å²) in [6.45, 7) is 4.39. The highest BCUT2D eigenvalue weighted by molar-refractivity contribution is 7.99. The average molecular weight is 470 g/mol. The summed E-state index contributed by atoms with van der Waals surface area (Å²) in [6.07, 6.45) is 0. The van der Waals surface area contributed by atoms with Gasteiger partial charge in [-0.2, -0.15) is 0 Å². The van der Waals surface area contributed by atoms with E-state index in [-0.39, 0.29) is 17.2 Å². The van der Waals surface area contributed by atoms with Crippen LogP contribution >= 0.6 is 34.7 Å². The molecule has 0 radical (unpaired) electrons. The lowest BCUT2D eigenvalue weighted by Crippen LogP contribution is -2.26. The fraction of sp³-hybridized carbons (Fsp3) is 0.174. The van der Waals surface area contributed by atoms with Crippen LogP contribution < -0.4 is 10.9 Å². The number of carbonyl (C=O) groups excluding carboxylic acids is 1. The van der Waals surface area contributed by atoms with Crippen LogP contribution in [0.1, 0.15) is 16.7 Å². The standard InChI is InChI=1S/C23H20ClN3O2S2/c1-14-7-8-17(11-15(14)2)27-22(29)21-19(9-10-30-21)26-23(27)31-13-20(28)25-12-16-5-3-4-6-18(16)24/h3-11H,12-13H2,1-2H3,(H,25,28). The quantitative estimate of drug-likeness (QED) is 0.314. The molecule has 0 bridgehead atoms. The minimum Gasteiger partial charge on any atom is -0.351 e. The van der Waals surface area contributed by atoms with E-state index in [4.69, 9.17) is 11.6 Å². The number of benzene rings is 2. The fourth-order valence-corrected chi connectivity index (χ4v) is 4.90. The van der Waals surface area contributed by atoms with Crippen LogP contribution in [0.4, 0.5) is 0 Å². The van der Waals surface area contributed by atoms with Gasteiger partial charge in [0.1, 0.15) is 4.70 Å². The van der Waals surface area contributed by atoms with Gasteiger partial charge in [0, 0.05) is 11.6 Å². The van der Waals surface area contributed by atoms with Gasteiger partial charge in [0.05, 0.1) is 17.0 Å². The van der Waals surface area contributed by atoms with Gasteiger partial charge < -0.3 is 5.32 Å². The van der Waals surface area contributed by atoms with Crippen molar-refractivity contribution in [3.05, 3.63) is 86.0 Å². The first-order valence-electron chi connectivity index (χ1n) is 9.65. The van der Waals surface area contributed by atoms with Crippen molar-refractivity contribution >= 4 is 50.8 Å². The second-order valence-corrected chi connectivity index (χ2v) is 9.36. The Kier molecular flexibility index (Phi) is 6.46. The zero-order chi connectivity index (χ0) is 22.0. The molecule has 0 unspecified atom stereocenters. The lowest BCUT2D eigenvalue weighted by atomic mass is 10.1. The number of carbonyl (C=O) groups is 1. The molecule has 1 amide bonds. The van der Waals surface area contributed by atoms with Crippen LogP contribution in [-0.4, -0.2) is 21.2 Å². The molecule has 0 fully saturated rings. The third-order valence-electron chi connectivity index (χ3n) is 4.96. The maximum atomic E-state index is 13.2. The van der Waals surface area contributed by atoms with Crippen molar-refractivity contribution in [3.63, 3.8) is 0 Å². The number of nitrogens with zero attached hydrogens (tertiary/aromatic N) is 2. The summed E-state index contributed by atoms with van der Waals surface area (Å²) in [5.74, 6) is -0.0200. The number of amides is 1. The van der Waals surface area contributed by atoms with Gasteiger partial charge in [0.25, 0.3) is 5.56 Å². The Balaban J connectivity index is 1.59. The van der Waals surface area contributed by atoms with Crippen molar-refractivity contribution in [2.75, 3.05) is 5.75 Å². The van der Waals surface area contributed by atoms with Crippen LogP contribution in [0.3, 0.4) is 0 Å². The van der Waals surface area contributed by atoms with E-state index in [0.29, 0.717) is 26.9 Å². The van der Waals surface area contributed by atoms with Gasteiger partial charge in [0.2, 0.25) is 5.91 Å². The number of nitrogens with one attached hydrogen (secondary N) is 1. The monoisotopic (exact) mass is 469 g/mol. The third-order valence-corrected chi connectivity index (χ3v) is 7.16. The first kappa shape index (κ1) is 21.6. The van der Waals surface area contributed by atoms with E-state index in [0.717, 1.165) is 22.4 Å². The van der Waals surface area contributed by atoms with Gasteiger partial charge in [-0.15, -0.1) is 11.3 Å². The molecule has 2 heterocycles. The van der Waals surface area contributed by atoms with E-state index in [9.17, 15) is 9.59 Å². The summed E-state index contributed by atoms with van der Waals surface area (Å²) < 4.78 is 2.20. The lowest BCUT2D eigenvalue weighted by molar-refractivity contribution is -0.118. The topological polar surface area (TPSA) is 64.0 Å². The average Bonchev–Trinajstić information content (AvgIpc) is 3.23. The molecule has 8 heteroatoms. The van der Waals surface area contributed by atoms with Crippen molar-refractivity contribution < 1.29 is 4.79 Å². The second kappa shape index (κ2) is 9.26. The molecule has 5 nitrogen and oxygen atoms in total. The van der Waals surface area contributed by atoms with Crippen LogP contribution in [0.5, 0.6) is 0 Å². The van der Waals surface area contributed by atoms with Gasteiger partial charge in [-0.25, -0.2) is 4.98 Å². The number of hydrogen-bond donors (Lipinski definition) is 1. The second-order valence-electron chi connectivity index (χ2n) is 7.10. The lowest BCUT2D eigenvalue weighted by Gasteiger charge is -2.13. The first-order valence-corrected chi connectivity index (χ1v) is 11.9. The molecule has 2 aromatic heterocycles. The van der Waals surface area contributed by atoms with Gasteiger partial charge in [-0.1, -0.05) is 47.6 Å². The highest BCUT2D eigenvalue weighted by atomic mass is 35.5. The highest BCUT2D eigenvalue weighted by Gasteiger charge is 2.16. The summed E-state index contributed by atoms with van der Waals surface area (Å²) in [5.41, 5.74) is 4.36. The van der Waals surface area contributed by atoms with Crippen LogP contribution in [0.25, 0.3) is 15.9 Å². The van der Waals surface area contributed by atoms with Gasteiger partial charge in [-0.05, 0) is 60.2 Å². The summed E-state index contributed by atoms with van der Waals surface area (Å²) in [7, 11) is 0. The molecule has 0 aliphatic rings. The van der Waals surface area contributed by atoms with Crippen molar-refractivity contribution in [2.45, 2.75) is 25.5 Å². The van der Waals surface area contributed by atoms with E-state index in [1.165, 1.54) is 23.1 Å². The van der Waals surface area contributed by atoms with E-state index in [2.05, 4.69) is 10.3 Å². The Labute approximate surface area is 193 Å². The zero-order valence-electron chi connectivity index (χ0n) is 17.0. The molecule has 31 heavy (non-hydrogen) atoms. The van der Waals surface area contributed by atoms with Crippen LogP contribution in [-0.2, 0) is 11.3 Å². The van der Waals surface area contributed by atoms with E-state index in [1.54, 1.807) is 10.6 Å². The number of rotatable bonds is 6. The van der Waals surface area contributed by atoms with Gasteiger partial charge in [0.15, 0.2) is 5.16 Å². The Morgan fingerprint density at radius 3 is 2.74 bits per heavy atom. The molecule has 1 N–H and O–H groups in total. The summed E-state index contributed by atoms with van der Waals surface area (Å²) in [4.78, 5) is 30.3. The van der Waals surface area contributed by atoms with Gasteiger partial charge >= 0.3 is 0 Å². The van der Waals surface area contributed by atoms with E-state index >= 15 is 0 Å². The van der Waals surface area contributed by atoms with Crippen molar-refractivity contribution in [1.29, 1.82) is 0 Å². The molecule has 4 rings (SSSR count). The van der Waals surface area contributed by atoms with Crippen molar-refractivity contribution in [1.82, 2.24) is 14.9 Å². The molecule has 0 saturated carbocycles. The van der Waals surface area contributed by atoms with Crippen molar-refractivity contribution in [3.8, 4) is 5.69 Å². The number of thiophene rings is 1. The minimum absolute atomic E-state index is 0.123. The van der Waals surface area contributed by atoms with E-state index in [1.807, 2.05) is 61.7 Å². The molecule has 0 aliphatic heterocycles. The minimum atomic E-state index is -0.156. The molecule has 158 valence electrons. The smallest absolute Gasteiger partial charge is 0.276 e. The SMILES string of the molecule is Cc1ccc(-n2c(SCC(=O)NCc3ccccc3Cl)nc3ccsc3c2=O)cc1C. The number of aryl methyl sites for hydroxylation is 2. The number of aromatic nitrogens is 2. The molecular formula is C23H20ClN3O2S2. The zero-order valence-corrected chi connectivity index (χ0v) is 19.4. The maximum Gasteiger partial charge on any atom is 0.276 e. The maximum absolute atomic E-state index is 13.2. The number of thioether (sulfide) groups is 1. The highest BCUT2D eigenvalue weighted by Crippen LogP contribution is 2.24. The molecular weight excluding hydrogens is 450 g/mol. The number of halogens is 1. The Morgan fingerprint density at radius 2 is 1.97 bits per heavy atom. The number of hydrogen-bond acceptors (Lipinski definition) is 5. The molecule has 0 aliphatic carbocycles. The van der Waals surface area contributed by atoms with Gasteiger partial charge in [-0.3, -0.25) is 14.2 Å². The summed E-state index contributed by atoms with van der Waals surface area (Å²) >= 11 is 8.77. The molecule has 0 saturated heterocycles. The third kappa shape index (κ3) is 4.69. The Hall–Kier alpha value is -2.61. The van der Waals surface area contributed by atoms with Crippen molar-refractivity contribution in [2.24, 2.45) is 0 Å². The molecule has 4 aromatic rings. The van der Waals surface area contributed by atoms with Crippen LogP contribution in [0.15, 0.2) is 63.9 Å². The molecule has 2 aromatic carbocycles. The first-order chi connectivity index (χ1) is 14.9. The largest absolute Gasteiger partial charge is 0.351 e. The Bertz CT molecular complexity index is 1330. The summed E-state index contributed by atoms with van der Waals surface area (Å²) in [5, 5.41) is 5.84. The molecule has 0 atom stereocenters. The van der Waals surface area contributed by atoms with E-state index < -0.39 is 0 Å².